The highest BCUT2D eigenvalue weighted by atomic mass is 32.1. The fraction of sp³-hybridized carbons (Fsp3) is 0.0625. The third-order valence-electron chi connectivity index (χ3n) is 3.18. The molecule has 0 atom stereocenters. The molecule has 0 spiro atoms. The van der Waals surface area contributed by atoms with E-state index in [2.05, 4.69) is 14.7 Å². The summed E-state index contributed by atoms with van der Waals surface area (Å²) in [5.41, 5.74) is 1.31. The van der Waals surface area contributed by atoms with Crippen LogP contribution in [-0.2, 0) is 0 Å². The van der Waals surface area contributed by atoms with Crippen LogP contribution < -0.4 is 5.32 Å². The van der Waals surface area contributed by atoms with Gasteiger partial charge >= 0.3 is 0 Å². The second-order valence-corrected chi connectivity index (χ2v) is 5.60. The summed E-state index contributed by atoms with van der Waals surface area (Å²) in [4.78, 5) is 16.3. The van der Waals surface area contributed by atoms with Gasteiger partial charge in [-0.05, 0) is 48.9 Å². The van der Waals surface area contributed by atoms with E-state index < -0.39 is 11.7 Å². The number of aromatic nitrogens is 2. The molecule has 0 aliphatic heterocycles. The summed E-state index contributed by atoms with van der Waals surface area (Å²) in [5.74, 6) is -0.869. The van der Waals surface area contributed by atoms with Crippen LogP contribution in [0, 0.1) is 18.6 Å². The van der Waals surface area contributed by atoms with Gasteiger partial charge in [-0.25, -0.2) is 8.78 Å². The van der Waals surface area contributed by atoms with Crippen molar-refractivity contribution in [3.8, 4) is 11.4 Å². The number of halogens is 2. The Morgan fingerprint density at radius 3 is 2.57 bits per heavy atom. The van der Waals surface area contributed by atoms with Crippen LogP contribution in [0.25, 0.3) is 11.4 Å². The Kier molecular flexibility index (Phi) is 4.12. The van der Waals surface area contributed by atoms with Crippen LogP contribution in [0.5, 0.6) is 0 Å². The van der Waals surface area contributed by atoms with E-state index in [0.29, 0.717) is 17.0 Å². The van der Waals surface area contributed by atoms with Gasteiger partial charge in [0.05, 0.1) is 0 Å². The number of rotatable bonds is 3. The fourth-order valence-electron chi connectivity index (χ4n) is 1.89. The molecule has 0 bridgehead atoms. The Bertz CT molecular complexity index is 862. The summed E-state index contributed by atoms with van der Waals surface area (Å²) >= 11 is 0.998. The third-order valence-corrected chi connectivity index (χ3v) is 3.81. The number of amides is 1. The van der Waals surface area contributed by atoms with E-state index in [9.17, 15) is 13.6 Å². The number of nitrogens with one attached hydrogen (secondary N) is 1. The standard InChI is InChI=1S/C16H11F2N3OS/c1-9-2-3-11(8-13(9)18)15(22)20-16-19-14(21-23-16)10-4-6-12(17)7-5-10/h2-8H,1H3,(H,19,20,21,22). The monoisotopic (exact) mass is 331 g/mol. The highest BCUT2D eigenvalue weighted by Crippen LogP contribution is 2.22. The lowest BCUT2D eigenvalue weighted by Gasteiger charge is -2.02. The molecule has 3 aromatic rings. The van der Waals surface area contributed by atoms with Crippen molar-refractivity contribution in [1.82, 2.24) is 9.36 Å². The zero-order valence-corrected chi connectivity index (χ0v) is 12.8. The molecule has 3 rings (SSSR count). The Hall–Kier alpha value is -2.67. The maximum Gasteiger partial charge on any atom is 0.257 e. The molecule has 0 unspecified atom stereocenters. The molecule has 0 saturated carbocycles. The first kappa shape index (κ1) is 15.2. The van der Waals surface area contributed by atoms with Crippen LogP contribution in [-0.4, -0.2) is 15.3 Å². The van der Waals surface area contributed by atoms with E-state index in [1.165, 1.54) is 30.3 Å². The molecule has 0 radical (unpaired) electrons. The number of aryl methyl sites for hydroxylation is 1. The molecule has 0 saturated heterocycles. The topological polar surface area (TPSA) is 54.9 Å². The van der Waals surface area contributed by atoms with E-state index in [4.69, 9.17) is 0 Å². The molecule has 4 nitrogen and oxygen atoms in total. The molecule has 116 valence electrons. The molecule has 7 heteroatoms. The molecule has 0 aliphatic carbocycles. The van der Waals surface area contributed by atoms with Crippen molar-refractivity contribution < 1.29 is 13.6 Å². The van der Waals surface area contributed by atoms with Crippen molar-refractivity contribution in [2.75, 3.05) is 5.32 Å². The van der Waals surface area contributed by atoms with Gasteiger partial charge in [-0.2, -0.15) is 9.36 Å². The van der Waals surface area contributed by atoms with Gasteiger partial charge in [0.15, 0.2) is 5.82 Å². The summed E-state index contributed by atoms with van der Waals surface area (Å²) in [7, 11) is 0. The van der Waals surface area contributed by atoms with E-state index in [-0.39, 0.29) is 16.5 Å². The largest absolute Gasteiger partial charge is 0.297 e. The number of benzene rings is 2. The highest BCUT2D eigenvalue weighted by Gasteiger charge is 2.12. The minimum absolute atomic E-state index is 0.201. The first-order valence-electron chi connectivity index (χ1n) is 6.70. The van der Waals surface area contributed by atoms with Gasteiger partial charge in [0.25, 0.3) is 5.91 Å². The molecule has 0 fully saturated rings. The number of carbonyl (C=O) groups excluding carboxylic acids is 1. The van der Waals surface area contributed by atoms with Gasteiger partial charge in [-0.3, -0.25) is 10.1 Å². The van der Waals surface area contributed by atoms with Crippen molar-refractivity contribution >= 4 is 22.6 Å². The lowest BCUT2D eigenvalue weighted by atomic mass is 10.1. The predicted molar refractivity (Wildman–Crippen MR) is 84.4 cm³/mol. The van der Waals surface area contributed by atoms with Crippen molar-refractivity contribution in [1.29, 1.82) is 0 Å². The molecule has 1 aromatic heterocycles. The molecule has 1 N–H and O–H groups in total. The Morgan fingerprint density at radius 1 is 1.13 bits per heavy atom. The summed E-state index contributed by atoms with van der Waals surface area (Å²) in [6, 6.07) is 9.97. The van der Waals surface area contributed by atoms with Crippen LogP contribution in [0.4, 0.5) is 13.9 Å². The first-order chi connectivity index (χ1) is 11.0. The van der Waals surface area contributed by atoms with Gasteiger partial charge < -0.3 is 0 Å². The minimum Gasteiger partial charge on any atom is -0.297 e. The van der Waals surface area contributed by atoms with Crippen molar-refractivity contribution in [2.45, 2.75) is 6.92 Å². The van der Waals surface area contributed by atoms with E-state index in [1.807, 2.05) is 0 Å². The summed E-state index contributed by atoms with van der Waals surface area (Å²) in [6.07, 6.45) is 0. The van der Waals surface area contributed by atoms with Crippen molar-refractivity contribution in [2.24, 2.45) is 0 Å². The van der Waals surface area contributed by atoms with Crippen LogP contribution >= 0.6 is 11.5 Å². The average Bonchev–Trinajstić information content (AvgIpc) is 2.99. The van der Waals surface area contributed by atoms with E-state index in [0.717, 1.165) is 11.5 Å². The Labute approximate surface area is 135 Å². The number of carbonyl (C=O) groups is 1. The molecular formula is C16H11F2N3OS. The normalized spacial score (nSPS) is 10.6. The minimum atomic E-state index is -0.467. The van der Waals surface area contributed by atoms with Crippen LogP contribution in [0.2, 0.25) is 0 Å². The highest BCUT2D eigenvalue weighted by molar-refractivity contribution is 7.10. The number of hydrogen-bond acceptors (Lipinski definition) is 4. The molecule has 0 aliphatic rings. The van der Waals surface area contributed by atoms with E-state index in [1.54, 1.807) is 19.1 Å². The van der Waals surface area contributed by atoms with Gasteiger partial charge in [0.1, 0.15) is 11.6 Å². The third kappa shape index (κ3) is 3.40. The molecular weight excluding hydrogens is 320 g/mol. The van der Waals surface area contributed by atoms with Crippen molar-refractivity contribution in [3.05, 3.63) is 65.2 Å². The molecule has 1 heterocycles. The summed E-state index contributed by atoms with van der Waals surface area (Å²) in [6.45, 7) is 1.62. The van der Waals surface area contributed by atoms with Gasteiger partial charge in [-0.1, -0.05) is 6.07 Å². The number of hydrogen-bond donors (Lipinski definition) is 1. The van der Waals surface area contributed by atoms with Crippen LogP contribution in [0.3, 0.4) is 0 Å². The average molecular weight is 331 g/mol. The molecule has 2 aromatic carbocycles. The Balaban J connectivity index is 1.77. The lowest BCUT2D eigenvalue weighted by Crippen LogP contribution is -2.12. The number of nitrogens with zero attached hydrogens (tertiary/aromatic N) is 2. The van der Waals surface area contributed by atoms with Crippen molar-refractivity contribution in [3.63, 3.8) is 0 Å². The van der Waals surface area contributed by atoms with Gasteiger partial charge in [0.2, 0.25) is 5.13 Å². The van der Waals surface area contributed by atoms with Gasteiger partial charge in [0, 0.05) is 22.7 Å². The summed E-state index contributed by atoms with van der Waals surface area (Å²) in [5, 5.41) is 2.86. The van der Waals surface area contributed by atoms with Gasteiger partial charge in [-0.15, -0.1) is 0 Å². The zero-order chi connectivity index (χ0) is 16.4. The second-order valence-electron chi connectivity index (χ2n) is 4.85. The Morgan fingerprint density at radius 2 is 1.87 bits per heavy atom. The second kappa shape index (κ2) is 6.21. The first-order valence-corrected chi connectivity index (χ1v) is 7.47. The van der Waals surface area contributed by atoms with E-state index >= 15 is 0 Å². The fourth-order valence-corrected chi connectivity index (χ4v) is 2.48. The zero-order valence-electron chi connectivity index (χ0n) is 12.0. The molecule has 23 heavy (non-hydrogen) atoms. The lowest BCUT2D eigenvalue weighted by molar-refractivity contribution is 0.102. The maximum absolute atomic E-state index is 13.5. The number of anilines is 1. The maximum atomic E-state index is 13.5. The smallest absolute Gasteiger partial charge is 0.257 e. The predicted octanol–water partition coefficient (Wildman–Crippen LogP) is 4.04. The SMILES string of the molecule is Cc1ccc(C(=O)Nc2nc(-c3ccc(F)cc3)ns2)cc1F. The molecule has 1 amide bonds. The van der Waals surface area contributed by atoms with Crippen LogP contribution in [0.15, 0.2) is 42.5 Å². The quantitative estimate of drug-likeness (QED) is 0.788. The summed E-state index contributed by atoms with van der Waals surface area (Å²) < 4.78 is 30.5. The van der Waals surface area contributed by atoms with Crippen LogP contribution in [0.1, 0.15) is 15.9 Å².